The van der Waals surface area contributed by atoms with Gasteiger partial charge in [-0.15, -0.1) is 0 Å². The molecule has 1 aromatic heterocycles. The number of fused-ring (bicyclic) bond motifs is 1. The lowest BCUT2D eigenvalue weighted by Crippen LogP contribution is -2.31. The average molecular weight is 220 g/mol. The lowest BCUT2D eigenvalue weighted by molar-refractivity contribution is 0.246. The third-order valence-corrected chi connectivity index (χ3v) is 3.73. The number of rotatable bonds is 1. The van der Waals surface area contributed by atoms with Crippen LogP contribution in [0, 0.1) is 0 Å². The van der Waals surface area contributed by atoms with Crippen molar-refractivity contribution in [1.82, 2.24) is 20.2 Å². The third kappa shape index (κ3) is 1.87. The summed E-state index contributed by atoms with van der Waals surface area (Å²) in [6.45, 7) is 4.42. The smallest absolute Gasteiger partial charge is 0.111 e. The van der Waals surface area contributed by atoms with E-state index < -0.39 is 0 Å². The molecule has 1 fully saturated rings. The standard InChI is InChI=1S/C12H20N4/c1-16-6-2-3-9(8-16)12-14-10-4-5-13-7-11(10)15-12/h9,13H,2-8H2,1H3,(H,14,15). The molecular formula is C12H20N4. The number of hydrogen-bond donors (Lipinski definition) is 2. The summed E-state index contributed by atoms with van der Waals surface area (Å²) in [5.41, 5.74) is 2.61. The summed E-state index contributed by atoms with van der Waals surface area (Å²) in [7, 11) is 2.20. The molecule has 2 N–H and O–H groups in total. The predicted molar refractivity (Wildman–Crippen MR) is 63.5 cm³/mol. The summed E-state index contributed by atoms with van der Waals surface area (Å²) in [6, 6.07) is 0. The number of aromatic amines is 1. The number of aromatic nitrogens is 2. The molecule has 0 spiro atoms. The van der Waals surface area contributed by atoms with Crippen molar-refractivity contribution in [2.24, 2.45) is 0 Å². The van der Waals surface area contributed by atoms with Crippen LogP contribution in [-0.2, 0) is 13.0 Å². The summed E-state index contributed by atoms with van der Waals surface area (Å²) in [6.07, 6.45) is 3.66. The number of imidazole rings is 1. The van der Waals surface area contributed by atoms with Gasteiger partial charge in [0.2, 0.25) is 0 Å². The maximum atomic E-state index is 4.79. The minimum Gasteiger partial charge on any atom is -0.344 e. The van der Waals surface area contributed by atoms with Crippen LogP contribution in [0.2, 0.25) is 0 Å². The van der Waals surface area contributed by atoms with Gasteiger partial charge < -0.3 is 15.2 Å². The zero-order chi connectivity index (χ0) is 11.0. The Morgan fingerprint density at radius 3 is 3.19 bits per heavy atom. The Bertz CT molecular complexity index is 348. The Kier molecular flexibility index (Phi) is 2.69. The van der Waals surface area contributed by atoms with E-state index in [2.05, 4.69) is 22.2 Å². The molecule has 0 amide bonds. The molecule has 0 bridgehead atoms. The normalized spacial score (nSPS) is 26.7. The van der Waals surface area contributed by atoms with E-state index in [0.717, 1.165) is 26.1 Å². The summed E-state index contributed by atoms with van der Waals surface area (Å²) in [4.78, 5) is 10.7. The maximum absolute atomic E-state index is 4.79. The van der Waals surface area contributed by atoms with Gasteiger partial charge >= 0.3 is 0 Å². The van der Waals surface area contributed by atoms with Crippen LogP contribution in [0.4, 0.5) is 0 Å². The van der Waals surface area contributed by atoms with Crippen LogP contribution >= 0.6 is 0 Å². The van der Waals surface area contributed by atoms with Gasteiger partial charge in [-0.25, -0.2) is 4.98 Å². The highest BCUT2D eigenvalue weighted by molar-refractivity contribution is 5.19. The second kappa shape index (κ2) is 4.18. The van der Waals surface area contributed by atoms with Crippen molar-refractivity contribution in [3.8, 4) is 0 Å². The highest BCUT2D eigenvalue weighted by Gasteiger charge is 2.23. The first-order chi connectivity index (χ1) is 7.83. The highest BCUT2D eigenvalue weighted by Crippen LogP contribution is 2.25. The van der Waals surface area contributed by atoms with Crippen molar-refractivity contribution in [1.29, 1.82) is 0 Å². The monoisotopic (exact) mass is 220 g/mol. The van der Waals surface area contributed by atoms with E-state index in [4.69, 9.17) is 4.98 Å². The van der Waals surface area contributed by atoms with Gasteiger partial charge in [-0.05, 0) is 26.4 Å². The topological polar surface area (TPSA) is 44.0 Å². The zero-order valence-electron chi connectivity index (χ0n) is 9.92. The Balaban J connectivity index is 1.80. The van der Waals surface area contributed by atoms with Gasteiger partial charge in [-0.1, -0.05) is 0 Å². The number of H-pyrrole nitrogens is 1. The largest absolute Gasteiger partial charge is 0.344 e. The second-order valence-electron chi connectivity index (χ2n) is 5.08. The average Bonchev–Trinajstić information content (AvgIpc) is 2.72. The van der Waals surface area contributed by atoms with Gasteiger partial charge in [0.05, 0.1) is 11.4 Å². The Morgan fingerprint density at radius 1 is 1.44 bits per heavy atom. The van der Waals surface area contributed by atoms with Crippen molar-refractivity contribution in [2.75, 3.05) is 26.7 Å². The first kappa shape index (κ1) is 10.3. The van der Waals surface area contributed by atoms with Crippen molar-refractivity contribution >= 4 is 0 Å². The van der Waals surface area contributed by atoms with Crippen LogP contribution in [0.15, 0.2) is 0 Å². The molecule has 3 heterocycles. The van der Waals surface area contributed by atoms with Crippen LogP contribution in [0.3, 0.4) is 0 Å². The molecule has 0 aliphatic carbocycles. The van der Waals surface area contributed by atoms with Gasteiger partial charge in [0, 0.05) is 32.0 Å². The molecule has 1 unspecified atom stereocenters. The molecule has 0 saturated carbocycles. The minimum absolute atomic E-state index is 0.615. The molecule has 88 valence electrons. The summed E-state index contributed by atoms with van der Waals surface area (Å²) in [5, 5.41) is 3.38. The molecule has 3 rings (SSSR count). The third-order valence-electron chi connectivity index (χ3n) is 3.73. The van der Waals surface area contributed by atoms with E-state index in [9.17, 15) is 0 Å². The number of nitrogens with zero attached hydrogens (tertiary/aromatic N) is 2. The molecule has 1 aromatic rings. The Morgan fingerprint density at radius 2 is 2.38 bits per heavy atom. The van der Waals surface area contributed by atoms with Gasteiger partial charge in [0.15, 0.2) is 0 Å². The number of hydrogen-bond acceptors (Lipinski definition) is 3. The van der Waals surface area contributed by atoms with Crippen LogP contribution in [-0.4, -0.2) is 41.5 Å². The van der Waals surface area contributed by atoms with Gasteiger partial charge in [0.25, 0.3) is 0 Å². The lowest BCUT2D eigenvalue weighted by Gasteiger charge is -2.28. The molecule has 1 saturated heterocycles. The fourth-order valence-electron chi connectivity index (χ4n) is 2.82. The number of likely N-dealkylation sites (tertiary alicyclic amines) is 1. The summed E-state index contributed by atoms with van der Waals surface area (Å²) >= 11 is 0. The molecule has 2 aliphatic rings. The van der Waals surface area contributed by atoms with E-state index in [-0.39, 0.29) is 0 Å². The van der Waals surface area contributed by atoms with E-state index >= 15 is 0 Å². The number of piperidine rings is 1. The molecule has 1 atom stereocenters. The fraction of sp³-hybridized carbons (Fsp3) is 0.750. The van der Waals surface area contributed by atoms with Crippen molar-refractivity contribution in [3.05, 3.63) is 17.2 Å². The maximum Gasteiger partial charge on any atom is 0.111 e. The highest BCUT2D eigenvalue weighted by atomic mass is 15.1. The van der Waals surface area contributed by atoms with Gasteiger partial charge in [-0.2, -0.15) is 0 Å². The van der Waals surface area contributed by atoms with Gasteiger partial charge in [0.1, 0.15) is 5.82 Å². The minimum atomic E-state index is 0.615. The van der Waals surface area contributed by atoms with E-state index in [1.807, 2.05) is 0 Å². The first-order valence-corrected chi connectivity index (χ1v) is 6.30. The Labute approximate surface area is 96.4 Å². The molecular weight excluding hydrogens is 200 g/mol. The van der Waals surface area contributed by atoms with E-state index in [0.29, 0.717) is 5.92 Å². The van der Waals surface area contributed by atoms with E-state index in [1.165, 1.54) is 36.6 Å². The van der Waals surface area contributed by atoms with Crippen LogP contribution < -0.4 is 5.32 Å². The second-order valence-corrected chi connectivity index (χ2v) is 5.08. The molecule has 4 nitrogen and oxygen atoms in total. The quantitative estimate of drug-likeness (QED) is 0.738. The predicted octanol–water partition coefficient (Wildman–Crippen LogP) is 0.865. The molecule has 2 aliphatic heterocycles. The summed E-state index contributed by atoms with van der Waals surface area (Å²) in [5.74, 6) is 1.84. The van der Waals surface area contributed by atoms with Gasteiger partial charge in [-0.3, -0.25) is 0 Å². The molecule has 16 heavy (non-hydrogen) atoms. The molecule has 4 heteroatoms. The zero-order valence-corrected chi connectivity index (χ0v) is 9.92. The fourth-order valence-corrected chi connectivity index (χ4v) is 2.82. The van der Waals surface area contributed by atoms with Crippen LogP contribution in [0.25, 0.3) is 0 Å². The number of nitrogens with one attached hydrogen (secondary N) is 2. The van der Waals surface area contributed by atoms with Crippen LogP contribution in [0.5, 0.6) is 0 Å². The molecule has 0 aromatic carbocycles. The Hall–Kier alpha value is -0.870. The van der Waals surface area contributed by atoms with E-state index in [1.54, 1.807) is 0 Å². The van der Waals surface area contributed by atoms with Crippen molar-refractivity contribution in [3.63, 3.8) is 0 Å². The SMILES string of the molecule is CN1CCCC(c2nc3c([nH]2)CNCC3)C1. The van der Waals surface area contributed by atoms with Crippen LogP contribution in [0.1, 0.15) is 36.0 Å². The number of likely N-dealkylation sites (N-methyl/N-ethyl adjacent to an activating group) is 1. The van der Waals surface area contributed by atoms with Crippen molar-refractivity contribution in [2.45, 2.75) is 31.7 Å². The van der Waals surface area contributed by atoms with Crippen molar-refractivity contribution < 1.29 is 0 Å². The summed E-state index contributed by atoms with van der Waals surface area (Å²) < 4.78 is 0. The lowest BCUT2D eigenvalue weighted by atomic mass is 9.98. The molecule has 0 radical (unpaired) electrons. The first-order valence-electron chi connectivity index (χ1n) is 6.30.